The van der Waals surface area contributed by atoms with Crippen molar-refractivity contribution < 1.29 is 19.7 Å². The molecule has 0 atom stereocenters. The number of rotatable bonds is 3. The molecular formula is C18H19NO4. The third-order valence-corrected chi connectivity index (χ3v) is 2.87. The number of nitrogens with zero attached hydrogens (tertiary/aromatic N) is 1. The van der Waals surface area contributed by atoms with E-state index < -0.39 is 11.6 Å². The summed E-state index contributed by atoms with van der Waals surface area (Å²) in [4.78, 5) is 16.1. The van der Waals surface area contributed by atoms with Gasteiger partial charge in [0.15, 0.2) is 0 Å². The Morgan fingerprint density at radius 3 is 2.35 bits per heavy atom. The Kier molecular flexibility index (Phi) is 4.69. The van der Waals surface area contributed by atoms with E-state index in [-0.39, 0.29) is 11.5 Å². The molecule has 0 aromatic heterocycles. The first-order valence-corrected chi connectivity index (χ1v) is 7.14. The van der Waals surface area contributed by atoms with E-state index in [1.165, 1.54) is 24.4 Å². The van der Waals surface area contributed by atoms with Gasteiger partial charge < -0.3 is 14.9 Å². The lowest BCUT2D eigenvalue weighted by Crippen LogP contribution is -2.23. The zero-order valence-corrected chi connectivity index (χ0v) is 13.3. The van der Waals surface area contributed by atoms with Crippen molar-refractivity contribution in [3.8, 4) is 11.5 Å². The minimum Gasteiger partial charge on any atom is -0.508 e. The van der Waals surface area contributed by atoms with Crippen LogP contribution in [0.4, 0.5) is 5.69 Å². The monoisotopic (exact) mass is 313 g/mol. The summed E-state index contributed by atoms with van der Waals surface area (Å²) < 4.78 is 5.28. The first-order chi connectivity index (χ1) is 10.7. The number of aromatic hydroxyl groups is 2. The highest BCUT2D eigenvalue weighted by Gasteiger charge is 2.17. The molecule has 0 saturated heterocycles. The fourth-order valence-corrected chi connectivity index (χ4v) is 1.81. The van der Waals surface area contributed by atoms with Crippen LogP contribution in [-0.4, -0.2) is 28.0 Å². The van der Waals surface area contributed by atoms with E-state index >= 15 is 0 Å². The van der Waals surface area contributed by atoms with E-state index in [2.05, 4.69) is 4.99 Å². The highest BCUT2D eigenvalue weighted by molar-refractivity contribution is 5.90. The maximum atomic E-state index is 11.9. The molecule has 23 heavy (non-hydrogen) atoms. The van der Waals surface area contributed by atoms with Crippen LogP contribution in [0.3, 0.4) is 0 Å². The standard InChI is InChI=1S/C18H19NO4/c1-18(2,3)23-17(22)12-4-6-14(7-5-12)19-11-13-10-15(20)8-9-16(13)21/h4-11,20-21H,1-3H3. The summed E-state index contributed by atoms with van der Waals surface area (Å²) >= 11 is 0. The van der Waals surface area contributed by atoms with Crippen LogP contribution >= 0.6 is 0 Å². The molecule has 0 fully saturated rings. The van der Waals surface area contributed by atoms with E-state index in [9.17, 15) is 15.0 Å². The van der Waals surface area contributed by atoms with Gasteiger partial charge in [0.25, 0.3) is 0 Å². The lowest BCUT2D eigenvalue weighted by Gasteiger charge is -2.19. The predicted octanol–water partition coefficient (Wildman–Crippen LogP) is 3.80. The molecule has 5 heteroatoms. The second-order valence-corrected chi connectivity index (χ2v) is 6.05. The molecule has 0 aliphatic heterocycles. The Hall–Kier alpha value is -2.82. The number of benzene rings is 2. The highest BCUT2D eigenvalue weighted by Crippen LogP contribution is 2.22. The van der Waals surface area contributed by atoms with Gasteiger partial charge in [0.2, 0.25) is 0 Å². The van der Waals surface area contributed by atoms with Crippen molar-refractivity contribution >= 4 is 17.9 Å². The third kappa shape index (κ3) is 4.85. The molecule has 0 amide bonds. The number of aliphatic imine (C=N–C) groups is 1. The van der Waals surface area contributed by atoms with E-state index in [4.69, 9.17) is 4.74 Å². The van der Waals surface area contributed by atoms with Gasteiger partial charge in [-0.1, -0.05) is 0 Å². The Bertz CT molecular complexity index is 728. The third-order valence-electron chi connectivity index (χ3n) is 2.87. The number of carbonyl (C=O) groups excluding carboxylic acids is 1. The maximum Gasteiger partial charge on any atom is 0.338 e. The SMILES string of the molecule is CC(C)(C)OC(=O)c1ccc(N=Cc2cc(O)ccc2O)cc1. The smallest absolute Gasteiger partial charge is 0.338 e. The minimum atomic E-state index is -0.541. The number of phenols is 2. The van der Waals surface area contributed by atoms with Gasteiger partial charge in [-0.15, -0.1) is 0 Å². The largest absolute Gasteiger partial charge is 0.508 e. The quantitative estimate of drug-likeness (QED) is 0.513. The molecule has 0 heterocycles. The Morgan fingerprint density at radius 1 is 1.09 bits per heavy atom. The molecule has 2 aromatic rings. The molecule has 2 rings (SSSR count). The van der Waals surface area contributed by atoms with Crippen molar-refractivity contribution in [2.75, 3.05) is 0 Å². The number of hydrogen-bond acceptors (Lipinski definition) is 5. The Balaban J connectivity index is 2.12. The van der Waals surface area contributed by atoms with Gasteiger partial charge in [-0.3, -0.25) is 4.99 Å². The van der Waals surface area contributed by atoms with Gasteiger partial charge in [0.05, 0.1) is 11.3 Å². The van der Waals surface area contributed by atoms with Gasteiger partial charge in [0, 0.05) is 11.8 Å². The topological polar surface area (TPSA) is 79.1 Å². The zero-order valence-electron chi connectivity index (χ0n) is 13.3. The second kappa shape index (κ2) is 6.52. The van der Waals surface area contributed by atoms with Gasteiger partial charge in [-0.2, -0.15) is 0 Å². The molecular weight excluding hydrogens is 294 g/mol. The lowest BCUT2D eigenvalue weighted by atomic mass is 10.1. The molecule has 2 N–H and O–H groups in total. The minimum absolute atomic E-state index is 0.0249. The first kappa shape index (κ1) is 16.5. The first-order valence-electron chi connectivity index (χ1n) is 7.14. The fraction of sp³-hybridized carbons (Fsp3) is 0.222. The summed E-state index contributed by atoms with van der Waals surface area (Å²) in [6.45, 7) is 5.43. The second-order valence-electron chi connectivity index (χ2n) is 6.05. The van der Waals surface area contributed by atoms with Crippen LogP contribution in [0.2, 0.25) is 0 Å². The van der Waals surface area contributed by atoms with Crippen LogP contribution in [0.25, 0.3) is 0 Å². The van der Waals surface area contributed by atoms with Gasteiger partial charge >= 0.3 is 5.97 Å². The van der Waals surface area contributed by atoms with Crippen molar-refractivity contribution in [3.63, 3.8) is 0 Å². The van der Waals surface area contributed by atoms with E-state index in [1.54, 1.807) is 24.3 Å². The Morgan fingerprint density at radius 2 is 1.74 bits per heavy atom. The Labute approximate surface area is 134 Å². The van der Waals surface area contributed by atoms with E-state index in [0.29, 0.717) is 16.8 Å². The summed E-state index contributed by atoms with van der Waals surface area (Å²) in [7, 11) is 0. The normalized spacial score (nSPS) is 11.6. The predicted molar refractivity (Wildman–Crippen MR) is 88.6 cm³/mol. The summed E-state index contributed by atoms with van der Waals surface area (Å²) in [5.41, 5.74) is 0.918. The molecule has 0 radical (unpaired) electrons. The van der Waals surface area contributed by atoms with Crippen LogP contribution in [0.1, 0.15) is 36.7 Å². The van der Waals surface area contributed by atoms with Gasteiger partial charge in [0.1, 0.15) is 17.1 Å². The summed E-state index contributed by atoms with van der Waals surface area (Å²) in [5.74, 6) is -0.319. The van der Waals surface area contributed by atoms with Crippen LogP contribution in [0.5, 0.6) is 11.5 Å². The van der Waals surface area contributed by atoms with Crippen LogP contribution < -0.4 is 0 Å². The van der Waals surface area contributed by atoms with Crippen LogP contribution in [-0.2, 0) is 4.74 Å². The molecule has 0 aliphatic rings. The van der Waals surface area contributed by atoms with Crippen molar-refractivity contribution in [2.24, 2.45) is 4.99 Å². The molecule has 0 spiro atoms. The average molecular weight is 313 g/mol. The number of phenolic OH excluding ortho intramolecular Hbond substituents is 2. The molecule has 120 valence electrons. The van der Waals surface area contributed by atoms with E-state index in [1.807, 2.05) is 20.8 Å². The summed E-state index contributed by atoms with van der Waals surface area (Å²) in [6, 6.07) is 10.8. The summed E-state index contributed by atoms with van der Waals surface area (Å²) in [6.07, 6.45) is 1.44. The average Bonchev–Trinajstić information content (AvgIpc) is 2.47. The van der Waals surface area contributed by atoms with Crippen molar-refractivity contribution in [2.45, 2.75) is 26.4 Å². The zero-order chi connectivity index (χ0) is 17.0. The fourth-order valence-electron chi connectivity index (χ4n) is 1.81. The van der Waals surface area contributed by atoms with Crippen molar-refractivity contribution in [1.82, 2.24) is 0 Å². The highest BCUT2D eigenvalue weighted by atomic mass is 16.6. The molecule has 0 bridgehead atoms. The lowest BCUT2D eigenvalue weighted by molar-refractivity contribution is 0.00695. The molecule has 2 aromatic carbocycles. The van der Waals surface area contributed by atoms with Crippen molar-refractivity contribution in [3.05, 3.63) is 53.6 Å². The van der Waals surface area contributed by atoms with E-state index in [0.717, 1.165) is 0 Å². The number of ether oxygens (including phenoxy) is 1. The van der Waals surface area contributed by atoms with Gasteiger partial charge in [-0.25, -0.2) is 4.79 Å². The number of hydrogen-bond donors (Lipinski definition) is 2. The number of esters is 1. The maximum absolute atomic E-state index is 11.9. The molecule has 0 aliphatic carbocycles. The van der Waals surface area contributed by atoms with Crippen LogP contribution in [0, 0.1) is 0 Å². The van der Waals surface area contributed by atoms with Gasteiger partial charge in [-0.05, 0) is 63.2 Å². The summed E-state index contributed by atoms with van der Waals surface area (Å²) in [5, 5.41) is 19.1. The number of carbonyl (C=O) groups is 1. The van der Waals surface area contributed by atoms with Crippen molar-refractivity contribution in [1.29, 1.82) is 0 Å². The van der Waals surface area contributed by atoms with Crippen LogP contribution in [0.15, 0.2) is 47.5 Å². The molecule has 5 nitrogen and oxygen atoms in total. The molecule has 0 unspecified atom stereocenters. The molecule has 0 saturated carbocycles.